The van der Waals surface area contributed by atoms with Crippen molar-refractivity contribution in [1.29, 1.82) is 0 Å². The monoisotopic (exact) mass is 286 g/mol. The molecule has 0 aliphatic carbocycles. The Morgan fingerprint density at radius 2 is 1.76 bits per heavy atom. The number of carbonyl (C=O) groups is 2. The summed E-state index contributed by atoms with van der Waals surface area (Å²) in [7, 11) is 2.70. The van der Waals surface area contributed by atoms with Crippen LogP contribution in [0.25, 0.3) is 6.08 Å². The number of hydrogen-bond acceptors (Lipinski definition) is 5. The van der Waals surface area contributed by atoms with Gasteiger partial charge in [0, 0.05) is 6.08 Å². The molecule has 108 valence electrons. The minimum Gasteiger partial charge on any atom is -0.490 e. The van der Waals surface area contributed by atoms with E-state index < -0.39 is 5.97 Å². The standard InChI is InChI=1S/C16H14O5/c1-19-14-13(21-16(18)15(14)20-2)10-12(17)9-8-11-6-4-3-5-7-11/h3-10H,1-2H3/b9-8+,13-10-. The van der Waals surface area contributed by atoms with Crippen LogP contribution in [0.5, 0.6) is 0 Å². The third-order valence-corrected chi connectivity index (χ3v) is 2.74. The highest BCUT2D eigenvalue weighted by Crippen LogP contribution is 2.26. The van der Waals surface area contributed by atoms with Gasteiger partial charge in [0.1, 0.15) is 0 Å². The minimum absolute atomic E-state index is 0.0436. The van der Waals surface area contributed by atoms with Crippen LogP contribution < -0.4 is 0 Å². The van der Waals surface area contributed by atoms with E-state index in [9.17, 15) is 9.59 Å². The van der Waals surface area contributed by atoms with Crippen LogP contribution in [0, 0.1) is 0 Å². The number of cyclic esters (lactones) is 1. The fourth-order valence-electron chi connectivity index (χ4n) is 1.78. The number of allylic oxidation sites excluding steroid dienone is 2. The zero-order valence-corrected chi connectivity index (χ0v) is 11.7. The zero-order chi connectivity index (χ0) is 15.2. The van der Waals surface area contributed by atoms with Crippen LogP contribution in [0.15, 0.2) is 59.8 Å². The lowest BCUT2D eigenvalue weighted by atomic mass is 10.2. The number of esters is 1. The summed E-state index contributed by atoms with van der Waals surface area (Å²) in [4.78, 5) is 23.4. The van der Waals surface area contributed by atoms with Crippen LogP contribution in [0.3, 0.4) is 0 Å². The first kappa shape index (κ1) is 14.6. The van der Waals surface area contributed by atoms with E-state index >= 15 is 0 Å². The number of rotatable bonds is 5. The molecule has 21 heavy (non-hydrogen) atoms. The van der Waals surface area contributed by atoms with E-state index in [1.54, 1.807) is 6.08 Å². The highest BCUT2D eigenvalue weighted by Gasteiger charge is 2.32. The highest BCUT2D eigenvalue weighted by atomic mass is 16.6. The number of ketones is 1. The SMILES string of the molecule is COC1=C(OC)/C(=C/C(=O)/C=C/c2ccccc2)OC1=O. The van der Waals surface area contributed by atoms with Crippen molar-refractivity contribution in [3.63, 3.8) is 0 Å². The second-order valence-electron chi connectivity index (χ2n) is 4.11. The summed E-state index contributed by atoms with van der Waals surface area (Å²) in [5, 5.41) is 0. The Kier molecular flexibility index (Phi) is 4.56. The van der Waals surface area contributed by atoms with Gasteiger partial charge in [0.05, 0.1) is 14.2 Å². The van der Waals surface area contributed by atoms with E-state index in [0.29, 0.717) is 0 Å². The first-order chi connectivity index (χ1) is 10.2. The molecule has 2 rings (SSSR count). The highest BCUT2D eigenvalue weighted by molar-refractivity contribution is 6.04. The van der Waals surface area contributed by atoms with E-state index in [2.05, 4.69) is 0 Å². The molecule has 1 aliphatic heterocycles. The average Bonchev–Trinajstić information content (AvgIpc) is 2.80. The molecular formula is C16H14O5. The third-order valence-electron chi connectivity index (χ3n) is 2.74. The third kappa shape index (κ3) is 3.39. The lowest BCUT2D eigenvalue weighted by Gasteiger charge is -2.01. The Morgan fingerprint density at radius 1 is 1.10 bits per heavy atom. The zero-order valence-electron chi connectivity index (χ0n) is 11.7. The Bertz CT molecular complexity index is 638. The number of ether oxygens (including phenoxy) is 3. The van der Waals surface area contributed by atoms with E-state index in [1.807, 2.05) is 30.3 Å². The van der Waals surface area contributed by atoms with Gasteiger partial charge in [0.15, 0.2) is 11.5 Å². The van der Waals surface area contributed by atoms with Gasteiger partial charge in [0.25, 0.3) is 5.76 Å². The number of hydrogen-bond donors (Lipinski definition) is 0. The summed E-state index contributed by atoms with van der Waals surface area (Å²) in [5.41, 5.74) is 0.896. The number of methoxy groups -OCH3 is 2. The molecule has 0 saturated carbocycles. The van der Waals surface area contributed by atoms with Crippen molar-refractivity contribution >= 4 is 17.8 Å². The van der Waals surface area contributed by atoms with Crippen molar-refractivity contribution in [3.8, 4) is 0 Å². The van der Waals surface area contributed by atoms with Crippen molar-refractivity contribution in [1.82, 2.24) is 0 Å². The van der Waals surface area contributed by atoms with Gasteiger partial charge in [-0.2, -0.15) is 0 Å². The van der Waals surface area contributed by atoms with Gasteiger partial charge in [-0.3, -0.25) is 4.79 Å². The minimum atomic E-state index is -0.680. The van der Waals surface area contributed by atoms with Gasteiger partial charge in [-0.25, -0.2) is 4.79 Å². The molecule has 0 N–H and O–H groups in total. The van der Waals surface area contributed by atoms with Crippen LogP contribution in [0.4, 0.5) is 0 Å². The summed E-state index contributed by atoms with van der Waals surface area (Å²) >= 11 is 0. The summed E-state index contributed by atoms with van der Waals surface area (Å²) in [6.07, 6.45) is 4.24. The molecule has 0 amide bonds. The molecule has 5 nitrogen and oxygen atoms in total. The topological polar surface area (TPSA) is 61.8 Å². The molecule has 1 aromatic carbocycles. The second kappa shape index (κ2) is 6.56. The van der Waals surface area contributed by atoms with Crippen LogP contribution >= 0.6 is 0 Å². The van der Waals surface area contributed by atoms with Gasteiger partial charge < -0.3 is 14.2 Å². The Labute approximate surface area is 122 Å². The molecule has 0 spiro atoms. The van der Waals surface area contributed by atoms with Crippen LogP contribution in [0.1, 0.15) is 5.56 Å². The quantitative estimate of drug-likeness (QED) is 0.613. The maximum atomic E-state index is 11.9. The second-order valence-corrected chi connectivity index (χ2v) is 4.11. The van der Waals surface area contributed by atoms with E-state index in [0.717, 1.165) is 5.56 Å². The van der Waals surface area contributed by atoms with Crippen molar-refractivity contribution < 1.29 is 23.8 Å². The number of carbonyl (C=O) groups excluding carboxylic acids is 2. The Balaban J connectivity index is 2.17. The lowest BCUT2D eigenvalue weighted by molar-refractivity contribution is -0.136. The summed E-state index contributed by atoms with van der Waals surface area (Å²) in [6.45, 7) is 0. The maximum Gasteiger partial charge on any atom is 0.383 e. The maximum absolute atomic E-state index is 11.9. The van der Waals surface area contributed by atoms with Crippen molar-refractivity contribution in [3.05, 3.63) is 65.3 Å². The first-order valence-electron chi connectivity index (χ1n) is 6.19. The van der Waals surface area contributed by atoms with Gasteiger partial charge in [-0.1, -0.05) is 36.4 Å². The smallest absolute Gasteiger partial charge is 0.383 e. The molecule has 1 heterocycles. The Morgan fingerprint density at radius 3 is 2.38 bits per heavy atom. The predicted octanol–water partition coefficient (Wildman–Crippen LogP) is 2.21. The molecule has 1 aliphatic rings. The fourth-order valence-corrected chi connectivity index (χ4v) is 1.78. The van der Waals surface area contributed by atoms with Crippen LogP contribution in [0.2, 0.25) is 0 Å². The normalized spacial score (nSPS) is 16.5. The molecule has 0 unspecified atom stereocenters. The molecule has 0 radical (unpaired) electrons. The Hall–Kier alpha value is -2.82. The molecule has 0 aromatic heterocycles. The van der Waals surface area contributed by atoms with Gasteiger partial charge in [-0.05, 0) is 11.6 Å². The van der Waals surface area contributed by atoms with Crippen LogP contribution in [-0.4, -0.2) is 26.0 Å². The van der Waals surface area contributed by atoms with Gasteiger partial charge in [0.2, 0.25) is 5.76 Å². The molecule has 0 saturated heterocycles. The molecule has 0 bridgehead atoms. The van der Waals surface area contributed by atoms with Crippen LogP contribution in [-0.2, 0) is 23.8 Å². The largest absolute Gasteiger partial charge is 0.490 e. The summed E-state index contributed by atoms with van der Waals surface area (Å²) < 4.78 is 14.8. The van der Waals surface area contributed by atoms with E-state index in [1.165, 1.54) is 26.4 Å². The van der Waals surface area contributed by atoms with E-state index in [4.69, 9.17) is 14.2 Å². The number of benzene rings is 1. The molecule has 0 atom stereocenters. The van der Waals surface area contributed by atoms with Crippen molar-refractivity contribution in [2.24, 2.45) is 0 Å². The van der Waals surface area contributed by atoms with Gasteiger partial charge in [-0.15, -0.1) is 0 Å². The first-order valence-corrected chi connectivity index (χ1v) is 6.19. The average molecular weight is 286 g/mol. The van der Waals surface area contributed by atoms with Gasteiger partial charge >= 0.3 is 5.97 Å². The lowest BCUT2D eigenvalue weighted by Crippen LogP contribution is -2.00. The molecule has 0 fully saturated rings. The van der Waals surface area contributed by atoms with Crippen molar-refractivity contribution in [2.45, 2.75) is 0 Å². The summed E-state index contributed by atoms with van der Waals surface area (Å²) in [5.74, 6) is -0.899. The van der Waals surface area contributed by atoms with Crippen molar-refractivity contribution in [2.75, 3.05) is 14.2 Å². The molecule has 5 heteroatoms. The predicted molar refractivity (Wildman–Crippen MR) is 75.7 cm³/mol. The molecule has 1 aromatic rings. The van der Waals surface area contributed by atoms with E-state index in [-0.39, 0.29) is 23.1 Å². The summed E-state index contributed by atoms with van der Waals surface area (Å²) in [6, 6.07) is 9.38. The molecular weight excluding hydrogens is 272 g/mol. The fraction of sp³-hybridized carbons (Fsp3) is 0.125.